The van der Waals surface area contributed by atoms with Crippen molar-refractivity contribution in [2.45, 2.75) is 32.7 Å². The number of anilines is 4. The third-order valence-corrected chi connectivity index (χ3v) is 7.58. The quantitative estimate of drug-likeness (QED) is 0.429. The molecule has 2 aromatic carbocycles. The first-order chi connectivity index (χ1) is 15.3. The van der Waals surface area contributed by atoms with Crippen LogP contribution in [0.15, 0.2) is 54.6 Å². The standard InChI is InChI=1S/C26H33N4OP/c1-5-30(2)18-19-9-11-21(12-10-19)28-26-17-25(23-7-6-8-24(23)29-26)27-20-13-15-22(16-14-20)32(3,4)31/h9-17H,5-8,18H2,1-4H3,(H2,27,28,29). The molecule has 32 heavy (non-hydrogen) atoms. The zero-order valence-electron chi connectivity index (χ0n) is 19.5. The van der Waals surface area contributed by atoms with Crippen molar-refractivity contribution < 1.29 is 4.57 Å². The summed E-state index contributed by atoms with van der Waals surface area (Å²) in [5.41, 5.74) is 6.90. The Morgan fingerprint density at radius 1 is 0.969 bits per heavy atom. The molecule has 0 unspecified atom stereocenters. The predicted molar refractivity (Wildman–Crippen MR) is 137 cm³/mol. The summed E-state index contributed by atoms with van der Waals surface area (Å²) < 4.78 is 12.3. The lowest BCUT2D eigenvalue weighted by molar-refractivity contribution is 0.346. The lowest BCUT2D eigenvalue weighted by Crippen LogP contribution is -2.16. The highest BCUT2D eigenvalue weighted by atomic mass is 31.2. The van der Waals surface area contributed by atoms with Gasteiger partial charge in [0, 0.05) is 40.7 Å². The Labute approximate surface area is 191 Å². The van der Waals surface area contributed by atoms with Crippen LogP contribution in [-0.4, -0.2) is 36.8 Å². The second-order valence-corrected chi connectivity index (χ2v) is 12.2. The van der Waals surface area contributed by atoms with Crippen LogP contribution in [0.25, 0.3) is 0 Å². The number of aromatic nitrogens is 1. The molecule has 0 radical (unpaired) electrons. The van der Waals surface area contributed by atoms with Crippen LogP contribution in [0, 0.1) is 0 Å². The summed E-state index contributed by atoms with van der Waals surface area (Å²) in [6, 6.07) is 18.6. The fourth-order valence-electron chi connectivity index (χ4n) is 4.04. The number of hydrogen-bond donors (Lipinski definition) is 2. The first kappa shape index (κ1) is 22.6. The third-order valence-electron chi connectivity index (χ3n) is 6.04. The largest absolute Gasteiger partial charge is 0.355 e. The van der Waals surface area contributed by atoms with Gasteiger partial charge in [-0.25, -0.2) is 4.98 Å². The van der Waals surface area contributed by atoms with Gasteiger partial charge in [-0.15, -0.1) is 0 Å². The molecule has 0 saturated carbocycles. The topological polar surface area (TPSA) is 57.3 Å². The second-order valence-electron chi connectivity index (χ2n) is 9.01. The van der Waals surface area contributed by atoms with Crippen LogP contribution < -0.4 is 15.9 Å². The van der Waals surface area contributed by atoms with Crippen LogP contribution in [0.2, 0.25) is 0 Å². The average Bonchev–Trinajstić information content (AvgIpc) is 3.24. The highest BCUT2D eigenvalue weighted by Gasteiger charge is 2.19. The van der Waals surface area contributed by atoms with Gasteiger partial charge in [-0.05, 0) is 93.7 Å². The van der Waals surface area contributed by atoms with E-state index in [0.29, 0.717) is 0 Å². The summed E-state index contributed by atoms with van der Waals surface area (Å²) in [7, 11) is -0.114. The second kappa shape index (κ2) is 9.48. The van der Waals surface area contributed by atoms with E-state index < -0.39 is 7.14 Å². The molecule has 0 spiro atoms. The number of pyridine rings is 1. The molecule has 0 saturated heterocycles. The van der Waals surface area contributed by atoms with Gasteiger partial charge in [0.1, 0.15) is 13.0 Å². The lowest BCUT2D eigenvalue weighted by atomic mass is 10.1. The Bertz CT molecular complexity index is 1120. The maximum atomic E-state index is 12.3. The third kappa shape index (κ3) is 5.40. The minimum atomic E-state index is -2.24. The number of hydrogen-bond acceptors (Lipinski definition) is 5. The molecule has 5 nitrogen and oxygen atoms in total. The molecule has 2 N–H and O–H groups in total. The Morgan fingerprint density at radius 3 is 2.28 bits per heavy atom. The molecule has 0 atom stereocenters. The van der Waals surface area contributed by atoms with Gasteiger partial charge in [-0.3, -0.25) is 0 Å². The van der Waals surface area contributed by atoms with E-state index in [1.807, 2.05) is 24.3 Å². The van der Waals surface area contributed by atoms with Gasteiger partial charge < -0.3 is 20.1 Å². The van der Waals surface area contributed by atoms with E-state index in [0.717, 1.165) is 60.5 Å². The predicted octanol–water partition coefficient (Wildman–Crippen LogP) is 5.76. The Kier molecular flexibility index (Phi) is 6.68. The summed E-state index contributed by atoms with van der Waals surface area (Å²) >= 11 is 0. The van der Waals surface area contributed by atoms with Crippen molar-refractivity contribution in [2.75, 3.05) is 37.6 Å². The smallest absolute Gasteiger partial charge is 0.132 e. The van der Waals surface area contributed by atoms with Crippen molar-refractivity contribution in [1.29, 1.82) is 0 Å². The van der Waals surface area contributed by atoms with Crippen LogP contribution >= 0.6 is 7.14 Å². The van der Waals surface area contributed by atoms with Crippen LogP contribution in [0.3, 0.4) is 0 Å². The van der Waals surface area contributed by atoms with E-state index in [-0.39, 0.29) is 0 Å². The first-order valence-corrected chi connectivity index (χ1v) is 13.9. The Morgan fingerprint density at radius 2 is 1.62 bits per heavy atom. The molecule has 1 aromatic heterocycles. The van der Waals surface area contributed by atoms with E-state index in [9.17, 15) is 4.57 Å². The molecular formula is C26H33N4OP. The molecule has 0 bridgehead atoms. The molecule has 0 aliphatic heterocycles. The SMILES string of the molecule is CCN(C)Cc1ccc(Nc2cc(Nc3ccc(P(C)(C)=O)cc3)c3c(n2)CCC3)cc1. The summed E-state index contributed by atoms with van der Waals surface area (Å²) in [6.45, 7) is 7.76. The molecule has 6 heteroatoms. The van der Waals surface area contributed by atoms with E-state index in [2.05, 4.69) is 59.8 Å². The van der Waals surface area contributed by atoms with Crippen molar-refractivity contribution >= 4 is 35.3 Å². The highest BCUT2D eigenvalue weighted by Crippen LogP contribution is 2.36. The van der Waals surface area contributed by atoms with Crippen molar-refractivity contribution in [3.8, 4) is 0 Å². The van der Waals surface area contributed by atoms with Crippen molar-refractivity contribution in [3.05, 3.63) is 71.4 Å². The van der Waals surface area contributed by atoms with Gasteiger partial charge in [-0.2, -0.15) is 0 Å². The molecule has 1 aliphatic rings. The van der Waals surface area contributed by atoms with Gasteiger partial charge in [0.15, 0.2) is 0 Å². The number of nitrogens with one attached hydrogen (secondary N) is 2. The van der Waals surface area contributed by atoms with Crippen LogP contribution in [0.5, 0.6) is 0 Å². The number of rotatable bonds is 8. The first-order valence-electron chi connectivity index (χ1n) is 11.3. The summed E-state index contributed by atoms with van der Waals surface area (Å²) in [4.78, 5) is 7.17. The van der Waals surface area contributed by atoms with Gasteiger partial charge >= 0.3 is 0 Å². The maximum absolute atomic E-state index is 12.3. The Hall–Kier alpha value is -2.62. The highest BCUT2D eigenvalue weighted by molar-refractivity contribution is 7.70. The number of benzene rings is 2. The zero-order chi connectivity index (χ0) is 22.7. The molecule has 1 aliphatic carbocycles. The monoisotopic (exact) mass is 448 g/mol. The molecule has 0 fully saturated rings. The van der Waals surface area contributed by atoms with Crippen LogP contribution in [-0.2, 0) is 24.0 Å². The molecular weight excluding hydrogens is 415 g/mol. The maximum Gasteiger partial charge on any atom is 0.132 e. The molecule has 1 heterocycles. The number of fused-ring (bicyclic) bond motifs is 1. The summed E-state index contributed by atoms with van der Waals surface area (Å²) in [5.74, 6) is 0.856. The van der Waals surface area contributed by atoms with Crippen molar-refractivity contribution in [1.82, 2.24) is 9.88 Å². The van der Waals surface area contributed by atoms with Gasteiger partial charge in [0.2, 0.25) is 0 Å². The molecule has 168 valence electrons. The summed E-state index contributed by atoms with van der Waals surface area (Å²) in [5, 5.41) is 7.95. The average molecular weight is 449 g/mol. The molecule has 0 amide bonds. The van der Waals surface area contributed by atoms with E-state index >= 15 is 0 Å². The molecule has 3 aromatic rings. The van der Waals surface area contributed by atoms with E-state index in [4.69, 9.17) is 4.98 Å². The minimum absolute atomic E-state index is 0.856. The van der Waals surface area contributed by atoms with E-state index in [1.165, 1.54) is 16.8 Å². The minimum Gasteiger partial charge on any atom is -0.355 e. The fourth-order valence-corrected chi connectivity index (χ4v) is 4.91. The van der Waals surface area contributed by atoms with Crippen molar-refractivity contribution in [2.24, 2.45) is 0 Å². The van der Waals surface area contributed by atoms with Gasteiger partial charge in [-0.1, -0.05) is 19.1 Å². The van der Waals surface area contributed by atoms with Gasteiger partial charge in [0.05, 0.1) is 0 Å². The number of aryl methyl sites for hydroxylation is 1. The normalized spacial score (nSPS) is 13.3. The zero-order valence-corrected chi connectivity index (χ0v) is 20.4. The lowest BCUT2D eigenvalue weighted by Gasteiger charge is -2.16. The van der Waals surface area contributed by atoms with Gasteiger partial charge in [0.25, 0.3) is 0 Å². The van der Waals surface area contributed by atoms with E-state index in [1.54, 1.807) is 13.3 Å². The van der Waals surface area contributed by atoms with Crippen LogP contribution in [0.4, 0.5) is 22.9 Å². The number of nitrogens with zero attached hydrogens (tertiary/aromatic N) is 2. The molecule has 4 rings (SSSR count). The van der Waals surface area contributed by atoms with Crippen molar-refractivity contribution in [3.63, 3.8) is 0 Å². The fraction of sp³-hybridized carbons (Fsp3) is 0.346. The summed E-state index contributed by atoms with van der Waals surface area (Å²) in [6.07, 6.45) is 3.19. The van der Waals surface area contributed by atoms with Crippen LogP contribution in [0.1, 0.15) is 30.2 Å². The Balaban J connectivity index is 1.54.